The van der Waals surface area contributed by atoms with Crippen molar-refractivity contribution in [2.24, 2.45) is 5.73 Å². The number of carbonyl (C=O) groups is 1. The van der Waals surface area contributed by atoms with E-state index < -0.39 is 0 Å². The quantitative estimate of drug-likeness (QED) is 0.461. The highest BCUT2D eigenvalue weighted by atomic mass is 16.6. The summed E-state index contributed by atoms with van der Waals surface area (Å²) < 4.78 is 5.37. The van der Waals surface area contributed by atoms with E-state index in [9.17, 15) is 4.79 Å². The van der Waals surface area contributed by atoms with Crippen molar-refractivity contribution >= 4 is 5.91 Å². The Balaban J connectivity index is 1.81. The van der Waals surface area contributed by atoms with Gasteiger partial charge in [-0.1, -0.05) is 51.9 Å². The molecule has 16 heavy (non-hydrogen) atoms. The molecule has 0 aromatic carbocycles. The highest BCUT2D eigenvalue weighted by molar-refractivity contribution is 5.74. The number of nitrogens with two attached hydrogens (primary N) is 1. The summed E-state index contributed by atoms with van der Waals surface area (Å²) in [6.45, 7) is 2.24. The maximum absolute atomic E-state index is 10.6. The molecule has 1 saturated heterocycles. The smallest absolute Gasteiger partial charge is 0.220 e. The van der Waals surface area contributed by atoms with Gasteiger partial charge in [-0.15, -0.1) is 0 Å². The minimum Gasteiger partial charge on any atom is -0.370 e. The van der Waals surface area contributed by atoms with Crippen molar-refractivity contribution in [3.05, 3.63) is 0 Å². The van der Waals surface area contributed by atoms with Crippen molar-refractivity contribution < 1.29 is 9.53 Å². The molecule has 0 spiro atoms. The van der Waals surface area contributed by atoms with Crippen LogP contribution in [0.3, 0.4) is 0 Å². The van der Waals surface area contributed by atoms with Gasteiger partial charge in [0.15, 0.2) is 0 Å². The molecule has 3 nitrogen and oxygen atoms in total. The van der Waals surface area contributed by atoms with Crippen LogP contribution in [0.2, 0.25) is 0 Å². The van der Waals surface area contributed by atoms with Crippen LogP contribution in [0.15, 0.2) is 0 Å². The number of carbonyl (C=O) groups excluding carboxylic acids is 1. The van der Waals surface area contributed by atoms with E-state index in [4.69, 9.17) is 10.5 Å². The fourth-order valence-electron chi connectivity index (χ4n) is 2.11. The summed E-state index contributed by atoms with van der Waals surface area (Å²) in [5, 5.41) is 0. The molecule has 0 aromatic rings. The summed E-state index contributed by atoms with van der Waals surface area (Å²) in [7, 11) is 0. The molecule has 1 aliphatic rings. The fraction of sp³-hybridized carbons (Fsp3) is 0.923. The average molecular weight is 227 g/mol. The zero-order valence-corrected chi connectivity index (χ0v) is 10.4. The Morgan fingerprint density at radius 2 is 1.69 bits per heavy atom. The van der Waals surface area contributed by atoms with Crippen molar-refractivity contribution in [1.29, 1.82) is 0 Å². The number of amides is 1. The van der Waals surface area contributed by atoms with E-state index in [0.717, 1.165) is 6.42 Å². The van der Waals surface area contributed by atoms with Crippen LogP contribution in [0.1, 0.15) is 64.7 Å². The van der Waals surface area contributed by atoms with Gasteiger partial charge in [0.2, 0.25) is 5.91 Å². The van der Waals surface area contributed by atoms with Crippen molar-refractivity contribution in [3.8, 4) is 0 Å². The van der Waals surface area contributed by atoms with Crippen molar-refractivity contribution in [3.63, 3.8) is 0 Å². The minimum absolute atomic E-state index is 0.137. The third kappa shape index (κ3) is 6.11. The van der Waals surface area contributed by atoms with E-state index in [1.165, 1.54) is 44.9 Å². The van der Waals surface area contributed by atoms with E-state index in [1.807, 2.05) is 0 Å². The number of rotatable bonds is 10. The Bertz CT molecular complexity index is 206. The molecule has 0 aromatic heterocycles. The minimum atomic E-state index is -0.243. The number of primary amides is 1. The lowest BCUT2D eigenvalue weighted by molar-refractivity contribution is -0.118. The van der Waals surface area contributed by atoms with Gasteiger partial charge in [0.1, 0.15) is 0 Å². The second kappa shape index (κ2) is 7.66. The molecule has 1 heterocycles. The van der Waals surface area contributed by atoms with Crippen LogP contribution in [0.4, 0.5) is 0 Å². The van der Waals surface area contributed by atoms with Gasteiger partial charge >= 0.3 is 0 Å². The first-order chi connectivity index (χ1) is 7.74. The molecule has 2 atom stereocenters. The molecule has 3 heteroatoms. The normalized spacial score (nSPS) is 23.3. The molecule has 94 valence electrons. The highest BCUT2D eigenvalue weighted by Gasteiger charge is 2.38. The summed E-state index contributed by atoms with van der Waals surface area (Å²) in [4.78, 5) is 10.6. The summed E-state index contributed by atoms with van der Waals surface area (Å²) in [6, 6.07) is 0. The van der Waals surface area contributed by atoms with Crippen LogP contribution in [-0.2, 0) is 9.53 Å². The molecule has 1 fully saturated rings. The monoisotopic (exact) mass is 227 g/mol. The van der Waals surface area contributed by atoms with Crippen LogP contribution in [0.25, 0.3) is 0 Å². The van der Waals surface area contributed by atoms with E-state index in [-0.39, 0.29) is 12.0 Å². The predicted octanol–water partition coefficient (Wildman–Crippen LogP) is 2.77. The van der Waals surface area contributed by atoms with Crippen molar-refractivity contribution in [2.75, 3.05) is 0 Å². The molecule has 0 bridgehead atoms. The van der Waals surface area contributed by atoms with E-state index in [0.29, 0.717) is 12.5 Å². The second-order valence-corrected chi connectivity index (χ2v) is 4.79. The van der Waals surface area contributed by atoms with E-state index in [2.05, 4.69) is 6.92 Å². The largest absolute Gasteiger partial charge is 0.370 e. The molecule has 1 amide bonds. The lowest BCUT2D eigenvalue weighted by Crippen LogP contribution is -2.14. The summed E-state index contributed by atoms with van der Waals surface area (Å²) in [5.41, 5.74) is 5.10. The molecule has 2 N–H and O–H groups in total. The standard InChI is InChI=1S/C13H25NO2/c1-2-3-4-5-6-7-8-9-11-12(16-11)10-13(14)15/h11-12H,2-10H2,1H3,(H2,14,15)/t11-,12+/m1/s1. The molecule has 1 rings (SSSR count). The predicted molar refractivity (Wildman–Crippen MR) is 65.1 cm³/mol. The average Bonchev–Trinajstić information content (AvgIpc) is 2.94. The van der Waals surface area contributed by atoms with Gasteiger partial charge in [0, 0.05) is 0 Å². The Kier molecular flexibility index (Phi) is 6.46. The number of epoxide rings is 1. The van der Waals surface area contributed by atoms with Gasteiger partial charge in [-0.3, -0.25) is 4.79 Å². The maximum atomic E-state index is 10.6. The molecule has 0 unspecified atom stereocenters. The molecule has 0 aliphatic carbocycles. The van der Waals surface area contributed by atoms with Crippen LogP contribution in [0, 0.1) is 0 Å². The van der Waals surface area contributed by atoms with Gasteiger partial charge in [0.05, 0.1) is 18.6 Å². The Morgan fingerprint density at radius 3 is 2.31 bits per heavy atom. The van der Waals surface area contributed by atoms with Gasteiger partial charge in [-0.2, -0.15) is 0 Å². The summed E-state index contributed by atoms with van der Waals surface area (Å²) >= 11 is 0. The molecular weight excluding hydrogens is 202 g/mol. The van der Waals surface area contributed by atoms with Gasteiger partial charge < -0.3 is 10.5 Å². The molecule has 0 saturated carbocycles. The first-order valence-electron chi connectivity index (χ1n) is 6.67. The Labute approximate surface area is 98.7 Å². The van der Waals surface area contributed by atoms with Crippen molar-refractivity contribution in [2.45, 2.75) is 76.9 Å². The van der Waals surface area contributed by atoms with Gasteiger partial charge in [-0.05, 0) is 6.42 Å². The molecular formula is C13H25NO2. The zero-order valence-electron chi connectivity index (χ0n) is 10.4. The second-order valence-electron chi connectivity index (χ2n) is 4.79. The zero-order chi connectivity index (χ0) is 11.8. The van der Waals surface area contributed by atoms with Gasteiger partial charge in [-0.25, -0.2) is 0 Å². The Hall–Kier alpha value is -0.570. The lowest BCUT2D eigenvalue weighted by atomic mass is 10.1. The number of unbranched alkanes of at least 4 members (excludes halogenated alkanes) is 6. The number of hydrogen-bond acceptors (Lipinski definition) is 2. The number of ether oxygens (including phenoxy) is 1. The van der Waals surface area contributed by atoms with Crippen LogP contribution in [0.5, 0.6) is 0 Å². The summed E-state index contributed by atoms with van der Waals surface area (Å²) in [5.74, 6) is -0.243. The van der Waals surface area contributed by atoms with Gasteiger partial charge in [0.25, 0.3) is 0 Å². The Morgan fingerprint density at radius 1 is 1.06 bits per heavy atom. The van der Waals surface area contributed by atoms with Crippen LogP contribution in [-0.4, -0.2) is 18.1 Å². The first-order valence-corrected chi connectivity index (χ1v) is 6.67. The topological polar surface area (TPSA) is 55.6 Å². The number of hydrogen-bond donors (Lipinski definition) is 1. The summed E-state index contributed by atoms with van der Waals surface area (Å²) in [6.07, 6.45) is 11.3. The van der Waals surface area contributed by atoms with Crippen molar-refractivity contribution in [1.82, 2.24) is 0 Å². The third-order valence-corrected chi connectivity index (χ3v) is 3.18. The van der Waals surface area contributed by atoms with Crippen LogP contribution >= 0.6 is 0 Å². The first kappa shape index (κ1) is 13.5. The third-order valence-electron chi connectivity index (χ3n) is 3.18. The fourth-order valence-corrected chi connectivity index (χ4v) is 2.11. The molecule has 0 radical (unpaired) electrons. The van der Waals surface area contributed by atoms with Crippen LogP contribution < -0.4 is 5.73 Å². The SMILES string of the molecule is CCCCCCCCC[C@H]1O[C@H]1CC(N)=O. The lowest BCUT2D eigenvalue weighted by Gasteiger charge is -1.99. The molecule has 1 aliphatic heterocycles. The van der Waals surface area contributed by atoms with E-state index in [1.54, 1.807) is 0 Å². The van der Waals surface area contributed by atoms with E-state index >= 15 is 0 Å². The maximum Gasteiger partial charge on any atom is 0.220 e. The highest BCUT2D eigenvalue weighted by Crippen LogP contribution is 2.29.